The first-order chi connectivity index (χ1) is 10.3. The van der Waals surface area contributed by atoms with E-state index in [-0.39, 0.29) is 5.92 Å². The van der Waals surface area contributed by atoms with Crippen molar-refractivity contribution in [2.45, 2.75) is 39.2 Å². The van der Waals surface area contributed by atoms with Crippen LogP contribution in [0.15, 0.2) is 28.7 Å². The van der Waals surface area contributed by atoms with Crippen molar-refractivity contribution in [3.05, 3.63) is 35.6 Å². The van der Waals surface area contributed by atoms with E-state index in [0.717, 1.165) is 22.3 Å². The van der Waals surface area contributed by atoms with Crippen LogP contribution in [0.4, 0.5) is 4.79 Å². The molecule has 22 heavy (non-hydrogen) atoms. The molecule has 0 aliphatic heterocycles. The first kappa shape index (κ1) is 16.4. The van der Waals surface area contributed by atoms with Gasteiger partial charge in [0, 0.05) is 24.4 Å². The van der Waals surface area contributed by atoms with Crippen LogP contribution in [-0.4, -0.2) is 24.8 Å². The summed E-state index contributed by atoms with van der Waals surface area (Å²) >= 11 is 0. The lowest BCUT2D eigenvalue weighted by Crippen LogP contribution is -2.36. The largest absolute Gasteiger partial charge is 0.460 e. The van der Waals surface area contributed by atoms with Gasteiger partial charge < -0.3 is 20.2 Å². The zero-order valence-electron chi connectivity index (χ0n) is 13.6. The minimum Gasteiger partial charge on any atom is -0.460 e. The number of hydrogen-bond donors (Lipinski definition) is 2. The highest BCUT2D eigenvalue weighted by Crippen LogP contribution is 2.29. The number of carbonyl (C=O) groups excluding carboxylic acids is 1. The van der Waals surface area contributed by atoms with E-state index in [4.69, 9.17) is 14.9 Å². The van der Waals surface area contributed by atoms with Gasteiger partial charge in [0.2, 0.25) is 0 Å². The fourth-order valence-electron chi connectivity index (χ4n) is 2.39. The van der Waals surface area contributed by atoms with Gasteiger partial charge in [-0.05, 0) is 39.3 Å². The van der Waals surface area contributed by atoms with Gasteiger partial charge in [0.05, 0.1) is 0 Å². The zero-order valence-corrected chi connectivity index (χ0v) is 13.6. The molecule has 0 radical (unpaired) electrons. The minimum atomic E-state index is -0.516. The third-order valence-electron chi connectivity index (χ3n) is 3.43. The normalized spacial score (nSPS) is 13.1. The number of para-hydroxylation sites is 1. The third kappa shape index (κ3) is 3.80. The lowest BCUT2D eigenvalue weighted by Gasteiger charge is -2.21. The number of carbonyl (C=O) groups is 1. The molecule has 0 aliphatic carbocycles. The fraction of sp³-hybridized carbons (Fsp3) is 0.471. The molecule has 1 heterocycles. The van der Waals surface area contributed by atoms with Crippen molar-refractivity contribution in [2.75, 3.05) is 13.1 Å². The molecule has 0 saturated heterocycles. The Labute approximate surface area is 130 Å². The maximum absolute atomic E-state index is 11.8. The number of furan rings is 1. The Hall–Kier alpha value is -2.01. The van der Waals surface area contributed by atoms with Gasteiger partial charge in [-0.1, -0.05) is 18.2 Å². The number of fused-ring (bicyclic) bond motifs is 1. The summed E-state index contributed by atoms with van der Waals surface area (Å²) in [6, 6.07) is 7.86. The molecule has 2 aromatic rings. The van der Waals surface area contributed by atoms with Crippen LogP contribution < -0.4 is 11.1 Å². The van der Waals surface area contributed by atoms with Crippen LogP contribution in [0.2, 0.25) is 0 Å². The second kappa shape index (κ2) is 6.40. The summed E-state index contributed by atoms with van der Waals surface area (Å²) in [5, 5.41) is 3.84. The highest BCUT2D eigenvalue weighted by Gasteiger charge is 2.21. The molecular weight excluding hydrogens is 280 g/mol. The number of ether oxygens (including phenoxy) is 1. The quantitative estimate of drug-likeness (QED) is 0.908. The summed E-state index contributed by atoms with van der Waals surface area (Å²) < 4.78 is 11.1. The lowest BCUT2D eigenvalue weighted by atomic mass is 10.0. The number of alkyl carbamates (subject to hydrolysis) is 1. The van der Waals surface area contributed by atoms with E-state index in [1.807, 2.05) is 52.0 Å². The van der Waals surface area contributed by atoms with Crippen molar-refractivity contribution in [2.24, 2.45) is 5.73 Å². The average molecular weight is 304 g/mol. The van der Waals surface area contributed by atoms with E-state index in [0.29, 0.717) is 13.1 Å². The maximum atomic E-state index is 11.8. The Kier molecular flexibility index (Phi) is 4.76. The molecule has 120 valence electrons. The summed E-state index contributed by atoms with van der Waals surface area (Å²) in [5.41, 5.74) is 7.25. The Morgan fingerprint density at radius 3 is 2.64 bits per heavy atom. The molecule has 0 bridgehead atoms. The standard InChI is InChI=1S/C17H24N2O3/c1-11-13-7-5-6-8-14(13)21-15(11)12(9-18)10-19-16(20)22-17(2,3)4/h5-8,12H,9-10,18H2,1-4H3,(H,19,20). The van der Waals surface area contributed by atoms with Gasteiger partial charge >= 0.3 is 6.09 Å². The number of nitrogens with two attached hydrogens (primary N) is 1. The van der Waals surface area contributed by atoms with Crippen LogP contribution in [0.5, 0.6) is 0 Å². The van der Waals surface area contributed by atoms with Crippen LogP contribution >= 0.6 is 0 Å². The van der Waals surface area contributed by atoms with E-state index >= 15 is 0 Å². The molecule has 1 aromatic carbocycles. The van der Waals surface area contributed by atoms with Crippen molar-refractivity contribution < 1.29 is 13.9 Å². The summed E-state index contributed by atoms with van der Waals surface area (Å²) in [6.07, 6.45) is -0.445. The second-order valence-corrected chi connectivity index (χ2v) is 6.40. The number of amides is 1. The van der Waals surface area contributed by atoms with Gasteiger partial charge in [-0.15, -0.1) is 0 Å². The van der Waals surface area contributed by atoms with Crippen molar-refractivity contribution in [1.82, 2.24) is 5.32 Å². The van der Waals surface area contributed by atoms with E-state index < -0.39 is 11.7 Å². The summed E-state index contributed by atoms with van der Waals surface area (Å²) in [4.78, 5) is 11.8. The van der Waals surface area contributed by atoms with Crippen LogP contribution in [0.25, 0.3) is 11.0 Å². The first-order valence-corrected chi connectivity index (χ1v) is 7.46. The predicted octanol–water partition coefficient (Wildman–Crippen LogP) is 3.31. The van der Waals surface area contributed by atoms with Gasteiger partial charge in [-0.3, -0.25) is 0 Å². The van der Waals surface area contributed by atoms with Gasteiger partial charge in [-0.2, -0.15) is 0 Å². The van der Waals surface area contributed by atoms with Crippen LogP contribution in [0.3, 0.4) is 0 Å². The Balaban J connectivity index is 2.10. The number of aryl methyl sites for hydroxylation is 1. The van der Waals surface area contributed by atoms with E-state index in [2.05, 4.69) is 5.32 Å². The van der Waals surface area contributed by atoms with Crippen molar-refractivity contribution in [3.63, 3.8) is 0 Å². The monoisotopic (exact) mass is 304 g/mol. The zero-order chi connectivity index (χ0) is 16.3. The minimum absolute atomic E-state index is 0.0834. The SMILES string of the molecule is Cc1c(C(CN)CNC(=O)OC(C)(C)C)oc2ccccc12. The Morgan fingerprint density at radius 2 is 2.05 bits per heavy atom. The maximum Gasteiger partial charge on any atom is 0.407 e. The number of nitrogens with one attached hydrogen (secondary N) is 1. The van der Waals surface area contributed by atoms with Gasteiger partial charge in [-0.25, -0.2) is 4.79 Å². The summed E-state index contributed by atoms with van der Waals surface area (Å²) in [5.74, 6) is 0.736. The molecular formula is C17H24N2O3. The number of rotatable bonds is 4. The van der Waals surface area contributed by atoms with E-state index in [1.165, 1.54) is 0 Å². The average Bonchev–Trinajstić information content (AvgIpc) is 2.76. The highest BCUT2D eigenvalue weighted by atomic mass is 16.6. The van der Waals surface area contributed by atoms with Crippen LogP contribution in [0.1, 0.15) is 38.0 Å². The highest BCUT2D eigenvalue weighted by molar-refractivity contribution is 5.82. The fourth-order valence-corrected chi connectivity index (χ4v) is 2.39. The molecule has 0 fully saturated rings. The molecule has 5 heteroatoms. The van der Waals surface area contributed by atoms with Gasteiger partial charge in [0.1, 0.15) is 16.9 Å². The molecule has 1 aromatic heterocycles. The molecule has 3 N–H and O–H groups in total. The third-order valence-corrected chi connectivity index (χ3v) is 3.43. The molecule has 5 nitrogen and oxygen atoms in total. The van der Waals surface area contributed by atoms with Crippen LogP contribution in [-0.2, 0) is 4.74 Å². The molecule has 1 amide bonds. The predicted molar refractivity (Wildman–Crippen MR) is 87.0 cm³/mol. The second-order valence-electron chi connectivity index (χ2n) is 6.40. The molecule has 0 aliphatic rings. The molecule has 0 spiro atoms. The van der Waals surface area contributed by atoms with Crippen LogP contribution in [0, 0.1) is 6.92 Å². The van der Waals surface area contributed by atoms with Crippen molar-refractivity contribution in [1.29, 1.82) is 0 Å². The number of benzene rings is 1. The van der Waals surface area contributed by atoms with Gasteiger partial charge in [0.25, 0.3) is 0 Å². The molecule has 1 atom stereocenters. The Bertz CT molecular complexity index is 655. The van der Waals surface area contributed by atoms with E-state index in [1.54, 1.807) is 0 Å². The first-order valence-electron chi connectivity index (χ1n) is 7.46. The molecule has 1 unspecified atom stereocenters. The Morgan fingerprint density at radius 1 is 1.36 bits per heavy atom. The van der Waals surface area contributed by atoms with Crippen molar-refractivity contribution >= 4 is 17.1 Å². The summed E-state index contributed by atoms with van der Waals surface area (Å²) in [6.45, 7) is 8.27. The molecule has 2 rings (SSSR count). The summed E-state index contributed by atoms with van der Waals surface area (Å²) in [7, 11) is 0. The van der Waals surface area contributed by atoms with Crippen molar-refractivity contribution in [3.8, 4) is 0 Å². The van der Waals surface area contributed by atoms with Gasteiger partial charge in [0.15, 0.2) is 0 Å². The number of hydrogen-bond acceptors (Lipinski definition) is 4. The smallest absolute Gasteiger partial charge is 0.407 e. The van der Waals surface area contributed by atoms with E-state index in [9.17, 15) is 4.79 Å². The lowest BCUT2D eigenvalue weighted by molar-refractivity contribution is 0.0524. The topological polar surface area (TPSA) is 77.5 Å². The molecule has 0 saturated carbocycles.